The Bertz CT molecular complexity index is 1060. The van der Waals surface area contributed by atoms with Crippen LogP contribution in [0, 0.1) is 5.92 Å². The zero-order valence-electron chi connectivity index (χ0n) is 16.8. The van der Waals surface area contributed by atoms with Crippen molar-refractivity contribution in [1.29, 1.82) is 0 Å². The lowest BCUT2D eigenvalue weighted by atomic mass is 9.81. The molecule has 1 aliphatic rings. The SMILES string of the molecule is CO[C@H]1C[C@H](C(=O)Nc2c[nH]c3ccc(OCCc4ccc(C(F)(F)F)nc4)cc23)C1. The second kappa shape index (κ2) is 8.58. The van der Waals surface area contributed by atoms with Crippen LogP contribution in [-0.2, 0) is 22.1 Å². The molecule has 0 radical (unpaired) electrons. The molecule has 1 fully saturated rings. The molecular weight excluding hydrogens is 411 g/mol. The summed E-state index contributed by atoms with van der Waals surface area (Å²) in [6, 6.07) is 7.84. The van der Waals surface area contributed by atoms with Crippen LogP contribution in [0.2, 0.25) is 0 Å². The van der Waals surface area contributed by atoms with Crippen molar-refractivity contribution < 1.29 is 27.4 Å². The first kappa shape index (κ1) is 21.2. The van der Waals surface area contributed by atoms with Gasteiger partial charge in [0.05, 0.1) is 18.4 Å². The van der Waals surface area contributed by atoms with Gasteiger partial charge in [-0.15, -0.1) is 0 Å². The second-order valence-electron chi connectivity index (χ2n) is 7.57. The lowest BCUT2D eigenvalue weighted by molar-refractivity contribution is -0.141. The number of rotatable bonds is 7. The Morgan fingerprint density at radius 3 is 2.74 bits per heavy atom. The van der Waals surface area contributed by atoms with Crippen LogP contribution >= 0.6 is 0 Å². The average Bonchev–Trinajstić information content (AvgIpc) is 3.09. The predicted molar refractivity (Wildman–Crippen MR) is 109 cm³/mol. The van der Waals surface area contributed by atoms with Crippen LogP contribution in [-0.4, -0.2) is 35.7 Å². The fourth-order valence-corrected chi connectivity index (χ4v) is 3.53. The van der Waals surface area contributed by atoms with E-state index in [2.05, 4.69) is 15.3 Å². The molecule has 6 nitrogen and oxygen atoms in total. The number of hydrogen-bond donors (Lipinski definition) is 2. The number of methoxy groups -OCH3 is 1. The van der Waals surface area contributed by atoms with Crippen molar-refractivity contribution in [2.24, 2.45) is 5.92 Å². The van der Waals surface area contributed by atoms with E-state index in [-0.39, 0.29) is 24.5 Å². The molecule has 31 heavy (non-hydrogen) atoms. The van der Waals surface area contributed by atoms with Gasteiger partial charge in [-0.05, 0) is 42.7 Å². The van der Waals surface area contributed by atoms with E-state index in [9.17, 15) is 18.0 Å². The summed E-state index contributed by atoms with van der Waals surface area (Å²) in [5, 5.41) is 3.78. The van der Waals surface area contributed by atoms with Crippen LogP contribution in [0.4, 0.5) is 18.9 Å². The second-order valence-corrected chi connectivity index (χ2v) is 7.57. The third kappa shape index (κ3) is 4.82. The van der Waals surface area contributed by atoms with Crippen LogP contribution in [0.3, 0.4) is 0 Å². The normalized spacial score (nSPS) is 18.6. The Hall–Kier alpha value is -3.07. The number of aromatic amines is 1. The molecule has 0 bridgehead atoms. The third-order valence-corrected chi connectivity index (χ3v) is 5.48. The molecule has 3 aromatic rings. The van der Waals surface area contributed by atoms with E-state index in [1.54, 1.807) is 19.4 Å². The van der Waals surface area contributed by atoms with Gasteiger partial charge in [0.25, 0.3) is 0 Å². The van der Waals surface area contributed by atoms with E-state index < -0.39 is 11.9 Å². The van der Waals surface area contributed by atoms with Gasteiger partial charge in [-0.1, -0.05) is 6.07 Å². The molecule has 0 atom stereocenters. The first-order valence-electron chi connectivity index (χ1n) is 9.93. The number of halogens is 3. The predicted octanol–water partition coefficient (Wildman–Crippen LogP) is 4.57. The molecule has 0 saturated heterocycles. The standard InChI is InChI=1S/C22H22F3N3O3/c1-30-16-8-14(9-16)21(29)28-19-12-26-18-4-3-15(10-17(18)19)31-7-6-13-2-5-20(27-11-13)22(23,24)25/h2-5,10-12,14,16,26H,6-9H2,1H3,(H,28,29)/t14-,16-. The summed E-state index contributed by atoms with van der Waals surface area (Å²) in [7, 11) is 1.65. The monoisotopic (exact) mass is 433 g/mol. The average molecular weight is 433 g/mol. The number of carbonyl (C=O) groups excluding carboxylic acids is 1. The van der Waals surface area contributed by atoms with E-state index in [1.807, 2.05) is 12.1 Å². The summed E-state index contributed by atoms with van der Waals surface area (Å²) in [5.41, 5.74) is 1.28. The van der Waals surface area contributed by atoms with Gasteiger partial charge in [-0.25, -0.2) is 0 Å². The number of anilines is 1. The van der Waals surface area contributed by atoms with Gasteiger partial charge in [0, 0.05) is 42.7 Å². The van der Waals surface area contributed by atoms with Crippen LogP contribution < -0.4 is 10.1 Å². The summed E-state index contributed by atoms with van der Waals surface area (Å²) >= 11 is 0. The molecule has 9 heteroatoms. The van der Waals surface area contributed by atoms with E-state index in [4.69, 9.17) is 9.47 Å². The first-order valence-corrected chi connectivity index (χ1v) is 9.93. The van der Waals surface area contributed by atoms with E-state index in [1.165, 1.54) is 12.3 Å². The summed E-state index contributed by atoms with van der Waals surface area (Å²) < 4.78 is 48.7. The van der Waals surface area contributed by atoms with E-state index in [0.29, 0.717) is 23.4 Å². The highest BCUT2D eigenvalue weighted by Gasteiger charge is 2.34. The molecule has 4 rings (SSSR count). The molecule has 1 amide bonds. The zero-order chi connectivity index (χ0) is 22.0. The summed E-state index contributed by atoms with van der Waals surface area (Å²) in [4.78, 5) is 19.0. The molecular formula is C22H22F3N3O3. The van der Waals surface area contributed by atoms with Gasteiger partial charge >= 0.3 is 6.18 Å². The number of H-pyrrole nitrogens is 1. The van der Waals surface area contributed by atoms with Crippen molar-refractivity contribution >= 4 is 22.5 Å². The smallest absolute Gasteiger partial charge is 0.433 e. The van der Waals surface area contributed by atoms with Crippen LogP contribution in [0.5, 0.6) is 5.75 Å². The highest BCUT2D eigenvalue weighted by molar-refractivity contribution is 6.03. The lowest BCUT2D eigenvalue weighted by Crippen LogP contribution is -2.38. The number of hydrogen-bond acceptors (Lipinski definition) is 4. The number of carbonyl (C=O) groups is 1. The Kier molecular flexibility index (Phi) is 5.86. The number of nitrogens with one attached hydrogen (secondary N) is 2. The maximum Gasteiger partial charge on any atom is 0.433 e. The molecule has 2 heterocycles. The van der Waals surface area contributed by atoms with Crippen LogP contribution in [0.15, 0.2) is 42.7 Å². The van der Waals surface area contributed by atoms with Gasteiger partial charge in [0.2, 0.25) is 5.91 Å². The van der Waals surface area contributed by atoms with E-state index in [0.717, 1.165) is 29.8 Å². The quantitative estimate of drug-likeness (QED) is 0.573. The zero-order valence-corrected chi connectivity index (χ0v) is 16.8. The lowest BCUT2D eigenvalue weighted by Gasteiger charge is -2.32. The summed E-state index contributed by atoms with van der Waals surface area (Å²) in [5.74, 6) is 0.521. The highest BCUT2D eigenvalue weighted by Crippen LogP contribution is 2.33. The molecule has 1 aromatic carbocycles. The van der Waals surface area contributed by atoms with Gasteiger partial charge in [0.15, 0.2) is 0 Å². The molecule has 1 aliphatic carbocycles. The first-order chi connectivity index (χ1) is 14.8. The summed E-state index contributed by atoms with van der Waals surface area (Å²) in [6.07, 6.45) is 0.519. The Morgan fingerprint density at radius 1 is 1.26 bits per heavy atom. The Morgan fingerprint density at radius 2 is 2.06 bits per heavy atom. The molecule has 164 valence electrons. The summed E-state index contributed by atoms with van der Waals surface area (Å²) in [6.45, 7) is 0.283. The van der Waals surface area contributed by atoms with Gasteiger partial charge in [0.1, 0.15) is 11.4 Å². The Labute approximate surface area is 176 Å². The number of alkyl halides is 3. The van der Waals surface area contributed by atoms with Crippen LogP contribution in [0.1, 0.15) is 24.1 Å². The molecule has 2 aromatic heterocycles. The molecule has 2 N–H and O–H groups in total. The number of fused-ring (bicyclic) bond motifs is 1. The number of amides is 1. The van der Waals surface area contributed by atoms with Crippen molar-refractivity contribution in [3.63, 3.8) is 0 Å². The van der Waals surface area contributed by atoms with Gasteiger partial charge in [-0.3, -0.25) is 9.78 Å². The van der Waals surface area contributed by atoms with Crippen LogP contribution in [0.25, 0.3) is 10.9 Å². The number of ether oxygens (including phenoxy) is 2. The minimum atomic E-state index is -4.45. The van der Waals surface area contributed by atoms with Crippen molar-refractivity contribution in [1.82, 2.24) is 9.97 Å². The molecule has 0 aliphatic heterocycles. The maximum atomic E-state index is 12.6. The van der Waals surface area contributed by atoms with Crippen molar-refractivity contribution in [2.45, 2.75) is 31.5 Å². The fraction of sp³-hybridized carbons (Fsp3) is 0.364. The van der Waals surface area contributed by atoms with Crippen molar-refractivity contribution in [3.8, 4) is 5.75 Å². The van der Waals surface area contributed by atoms with E-state index >= 15 is 0 Å². The molecule has 0 unspecified atom stereocenters. The minimum Gasteiger partial charge on any atom is -0.493 e. The van der Waals surface area contributed by atoms with Gasteiger partial charge < -0.3 is 19.8 Å². The van der Waals surface area contributed by atoms with Crippen molar-refractivity contribution in [3.05, 3.63) is 54.0 Å². The fourth-order valence-electron chi connectivity index (χ4n) is 3.53. The highest BCUT2D eigenvalue weighted by atomic mass is 19.4. The largest absolute Gasteiger partial charge is 0.493 e. The number of aromatic nitrogens is 2. The Balaban J connectivity index is 1.35. The number of nitrogens with zero attached hydrogens (tertiary/aromatic N) is 1. The number of benzene rings is 1. The molecule has 0 spiro atoms. The minimum absolute atomic E-state index is 0.0321. The topological polar surface area (TPSA) is 76.2 Å². The number of pyridine rings is 1. The third-order valence-electron chi connectivity index (χ3n) is 5.48. The van der Waals surface area contributed by atoms with Gasteiger partial charge in [-0.2, -0.15) is 13.2 Å². The van der Waals surface area contributed by atoms with Crippen molar-refractivity contribution in [2.75, 3.05) is 19.0 Å². The molecule has 1 saturated carbocycles. The maximum absolute atomic E-state index is 12.6.